The molecule has 0 aliphatic heterocycles. The molecule has 0 atom stereocenters. The predicted octanol–water partition coefficient (Wildman–Crippen LogP) is 7.66. The zero-order chi connectivity index (χ0) is 24.0. The highest BCUT2D eigenvalue weighted by molar-refractivity contribution is 7.19. The lowest BCUT2D eigenvalue weighted by Crippen LogP contribution is -2.02. The fraction of sp³-hybridized carbons (Fsp3) is 0.333. The summed E-state index contributed by atoms with van der Waals surface area (Å²) in [7, 11) is 0. The number of hydrogen-bond donors (Lipinski definition) is 0. The molecule has 0 saturated carbocycles. The summed E-state index contributed by atoms with van der Waals surface area (Å²) in [6.45, 7) is 5.33. The molecule has 11 heteroatoms. The molecule has 0 fully saturated rings. The smallest absolute Gasteiger partial charge is 0.262 e. The van der Waals surface area contributed by atoms with E-state index in [0.29, 0.717) is 58.0 Å². The van der Waals surface area contributed by atoms with Crippen molar-refractivity contribution in [3.8, 4) is 54.6 Å². The lowest BCUT2D eigenvalue weighted by atomic mass is 10.3. The van der Waals surface area contributed by atoms with E-state index in [0.717, 1.165) is 35.4 Å². The molecule has 0 aliphatic carbocycles. The monoisotopic (exact) mass is 528 g/mol. The van der Waals surface area contributed by atoms with Crippen molar-refractivity contribution in [3.05, 3.63) is 35.0 Å². The molecular formula is C24H24N4O4S3. The molecule has 0 amide bonds. The molecular weight excluding hydrogens is 504 g/mol. The third kappa shape index (κ3) is 5.16. The fourth-order valence-electron chi connectivity index (χ4n) is 3.21. The molecule has 8 nitrogen and oxygen atoms in total. The van der Waals surface area contributed by atoms with E-state index in [1.165, 1.54) is 11.3 Å². The van der Waals surface area contributed by atoms with E-state index in [-0.39, 0.29) is 0 Å². The van der Waals surface area contributed by atoms with Crippen molar-refractivity contribution in [1.29, 1.82) is 0 Å². The van der Waals surface area contributed by atoms with Gasteiger partial charge in [0.1, 0.15) is 9.75 Å². The van der Waals surface area contributed by atoms with Crippen molar-refractivity contribution >= 4 is 34.0 Å². The minimum atomic E-state index is 0.370. The molecule has 0 radical (unpaired) electrons. The van der Waals surface area contributed by atoms with Crippen LogP contribution in [-0.2, 0) is 0 Å². The lowest BCUT2D eigenvalue weighted by molar-refractivity contribution is 0.265. The Bertz CT molecular complexity index is 1240. The van der Waals surface area contributed by atoms with Gasteiger partial charge in [-0.05, 0) is 35.7 Å². The van der Waals surface area contributed by atoms with Gasteiger partial charge in [0.2, 0.25) is 0 Å². The van der Waals surface area contributed by atoms with Gasteiger partial charge in [0.05, 0.1) is 23.0 Å². The van der Waals surface area contributed by atoms with Crippen LogP contribution >= 0.6 is 34.0 Å². The first-order valence-electron chi connectivity index (χ1n) is 11.5. The van der Waals surface area contributed by atoms with Crippen molar-refractivity contribution in [2.24, 2.45) is 0 Å². The van der Waals surface area contributed by atoms with Gasteiger partial charge in [-0.15, -0.1) is 54.4 Å². The average Bonchev–Trinajstić information content (AvgIpc) is 3.68. The van der Waals surface area contributed by atoms with Gasteiger partial charge in [-0.25, -0.2) is 0 Å². The van der Waals surface area contributed by atoms with E-state index in [1.807, 2.05) is 35.0 Å². The second-order valence-electron chi connectivity index (χ2n) is 7.60. The summed E-state index contributed by atoms with van der Waals surface area (Å²) in [6, 6.07) is 7.80. The molecule has 35 heavy (non-hydrogen) atoms. The molecule has 5 rings (SSSR count). The molecule has 0 aromatic carbocycles. The molecule has 0 bridgehead atoms. The minimum Gasteiger partial charge on any atom is -0.488 e. The standard InChI is InChI=1S/C24H24N4O4S3/c1-3-5-11-29-17-18(30-12-6-4-2)20(24-28-26-22(32-24)16-10-8-14-34-16)35-19(17)23-27-25-21(31-23)15-9-7-13-33-15/h7-10,13-14H,3-6,11-12H2,1-2H3. The van der Waals surface area contributed by atoms with Gasteiger partial charge >= 0.3 is 0 Å². The van der Waals surface area contributed by atoms with E-state index >= 15 is 0 Å². The molecule has 182 valence electrons. The van der Waals surface area contributed by atoms with Crippen LogP contribution in [0, 0.1) is 0 Å². The Labute approximate surface area is 214 Å². The van der Waals surface area contributed by atoms with Crippen LogP contribution in [0.1, 0.15) is 39.5 Å². The van der Waals surface area contributed by atoms with Crippen LogP contribution in [0.25, 0.3) is 43.1 Å². The Morgan fingerprint density at radius 2 is 1.14 bits per heavy atom. The zero-order valence-electron chi connectivity index (χ0n) is 19.4. The van der Waals surface area contributed by atoms with Crippen LogP contribution in [-0.4, -0.2) is 33.6 Å². The lowest BCUT2D eigenvalue weighted by Gasteiger charge is -2.10. The topological polar surface area (TPSA) is 96.3 Å². The number of unbranched alkanes of at least 4 members (excludes halogenated alkanes) is 2. The summed E-state index contributed by atoms with van der Waals surface area (Å²) >= 11 is 4.48. The van der Waals surface area contributed by atoms with Gasteiger partial charge < -0.3 is 18.3 Å². The van der Waals surface area contributed by atoms with Gasteiger partial charge in [0, 0.05) is 0 Å². The highest BCUT2D eigenvalue weighted by atomic mass is 32.1. The first-order chi connectivity index (χ1) is 17.3. The first kappa shape index (κ1) is 23.7. The van der Waals surface area contributed by atoms with Gasteiger partial charge in [0.25, 0.3) is 23.6 Å². The third-order valence-corrected chi connectivity index (χ3v) is 7.86. The molecule has 0 aliphatic rings. The predicted molar refractivity (Wildman–Crippen MR) is 138 cm³/mol. The maximum atomic E-state index is 6.25. The molecule has 5 aromatic heterocycles. The molecule has 5 heterocycles. The molecule has 5 aromatic rings. The number of thiophene rings is 3. The van der Waals surface area contributed by atoms with Crippen LogP contribution < -0.4 is 9.47 Å². The Balaban J connectivity index is 1.58. The van der Waals surface area contributed by atoms with Gasteiger partial charge in [0.15, 0.2) is 11.5 Å². The Kier molecular flexibility index (Phi) is 7.55. The van der Waals surface area contributed by atoms with Gasteiger partial charge in [-0.1, -0.05) is 38.8 Å². The molecule has 0 saturated heterocycles. The number of ether oxygens (including phenoxy) is 2. The summed E-state index contributed by atoms with van der Waals surface area (Å²) in [5.41, 5.74) is 0. The molecule has 0 spiro atoms. The van der Waals surface area contributed by atoms with Crippen molar-refractivity contribution in [3.63, 3.8) is 0 Å². The Morgan fingerprint density at radius 3 is 1.54 bits per heavy atom. The van der Waals surface area contributed by atoms with Crippen molar-refractivity contribution in [2.45, 2.75) is 39.5 Å². The normalized spacial score (nSPS) is 11.3. The maximum Gasteiger partial charge on any atom is 0.262 e. The molecule has 0 N–H and O–H groups in total. The van der Waals surface area contributed by atoms with Crippen LogP contribution in [0.4, 0.5) is 0 Å². The number of nitrogens with zero attached hydrogens (tertiary/aromatic N) is 4. The van der Waals surface area contributed by atoms with Crippen molar-refractivity contribution in [2.75, 3.05) is 13.2 Å². The second kappa shape index (κ2) is 11.1. The van der Waals surface area contributed by atoms with Gasteiger partial charge in [-0.2, -0.15) is 0 Å². The van der Waals surface area contributed by atoms with E-state index in [1.54, 1.807) is 22.7 Å². The largest absolute Gasteiger partial charge is 0.488 e. The quantitative estimate of drug-likeness (QED) is 0.152. The summed E-state index contributed by atoms with van der Waals surface area (Å²) in [5, 5.41) is 21.1. The van der Waals surface area contributed by atoms with Crippen LogP contribution in [0.5, 0.6) is 11.5 Å². The number of rotatable bonds is 12. The summed E-state index contributed by atoms with van der Waals surface area (Å²) < 4.78 is 24.6. The number of aromatic nitrogens is 4. The van der Waals surface area contributed by atoms with E-state index in [4.69, 9.17) is 18.3 Å². The van der Waals surface area contributed by atoms with E-state index in [9.17, 15) is 0 Å². The Hall–Kier alpha value is -3.02. The van der Waals surface area contributed by atoms with E-state index < -0.39 is 0 Å². The maximum absolute atomic E-state index is 6.25. The average molecular weight is 529 g/mol. The first-order valence-corrected chi connectivity index (χ1v) is 14.0. The summed E-state index contributed by atoms with van der Waals surface area (Å²) in [4.78, 5) is 3.19. The minimum absolute atomic E-state index is 0.370. The number of hydrogen-bond acceptors (Lipinski definition) is 11. The van der Waals surface area contributed by atoms with Crippen molar-refractivity contribution in [1.82, 2.24) is 20.4 Å². The Morgan fingerprint density at radius 1 is 0.686 bits per heavy atom. The zero-order valence-corrected chi connectivity index (χ0v) is 21.8. The highest BCUT2D eigenvalue weighted by Gasteiger charge is 2.30. The summed E-state index contributed by atoms with van der Waals surface area (Å²) in [5.74, 6) is 2.83. The van der Waals surface area contributed by atoms with E-state index in [2.05, 4.69) is 34.2 Å². The summed E-state index contributed by atoms with van der Waals surface area (Å²) in [6.07, 6.45) is 3.84. The van der Waals surface area contributed by atoms with Crippen molar-refractivity contribution < 1.29 is 18.3 Å². The SMILES string of the molecule is CCCCOc1c(-c2nnc(-c3cccs3)o2)sc(-c2nnc(-c3cccs3)o2)c1OCCCC. The van der Waals surface area contributed by atoms with Crippen LogP contribution in [0.3, 0.4) is 0 Å². The highest BCUT2D eigenvalue weighted by Crippen LogP contribution is 2.52. The molecule has 0 unspecified atom stereocenters. The van der Waals surface area contributed by atoms with Crippen LogP contribution in [0.2, 0.25) is 0 Å². The second-order valence-corrected chi connectivity index (χ2v) is 10.5. The third-order valence-electron chi connectivity index (χ3n) is 5.01. The fourth-order valence-corrected chi connectivity index (χ4v) is 5.53. The van der Waals surface area contributed by atoms with Gasteiger partial charge in [-0.3, -0.25) is 0 Å². The van der Waals surface area contributed by atoms with Crippen LogP contribution in [0.15, 0.2) is 43.9 Å².